The Morgan fingerprint density at radius 2 is 1.73 bits per heavy atom. The van der Waals surface area contributed by atoms with Gasteiger partial charge in [-0.3, -0.25) is 0 Å². The minimum Gasteiger partial charge on any atom is -0.497 e. The van der Waals surface area contributed by atoms with E-state index in [0.717, 1.165) is 31.4 Å². The first-order chi connectivity index (χ1) is 12.4. The molecule has 2 nitrogen and oxygen atoms in total. The molecule has 0 amide bonds. The molecule has 0 spiro atoms. The van der Waals surface area contributed by atoms with Gasteiger partial charge < -0.3 is 9.84 Å². The van der Waals surface area contributed by atoms with E-state index >= 15 is 0 Å². The number of fused-ring (bicyclic) bond motifs is 3. The molecule has 0 saturated heterocycles. The molecule has 2 heteroatoms. The first-order valence-electron chi connectivity index (χ1n) is 9.83. The van der Waals surface area contributed by atoms with Crippen LogP contribution < -0.4 is 4.74 Å². The molecule has 26 heavy (non-hydrogen) atoms. The van der Waals surface area contributed by atoms with Crippen molar-refractivity contribution in [2.75, 3.05) is 7.11 Å². The second-order valence-electron chi connectivity index (χ2n) is 8.94. The van der Waals surface area contributed by atoms with Crippen molar-refractivity contribution >= 4 is 0 Å². The SMILES string of the molecule is COc1ccc(-c2cccc3c2CC[C@H]2C(C)(C)[C@@H](O)CC[C@]32C)cc1. The Balaban J connectivity index is 1.81. The van der Waals surface area contributed by atoms with Crippen LogP contribution in [0.4, 0.5) is 0 Å². The number of aliphatic hydroxyl groups excluding tert-OH is 1. The maximum absolute atomic E-state index is 10.6. The highest BCUT2D eigenvalue weighted by molar-refractivity contribution is 5.70. The largest absolute Gasteiger partial charge is 0.497 e. The van der Waals surface area contributed by atoms with Crippen LogP contribution in [0.15, 0.2) is 42.5 Å². The quantitative estimate of drug-likeness (QED) is 0.790. The lowest BCUT2D eigenvalue weighted by Gasteiger charge is -2.56. The average molecular weight is 351 g/mol. The van der Waals surface area contributed by atoms with Crippen molar-refractivity contribution < 1.29 is 9.84 Å². The third-order valence-corrected chi connectivity index (χ3v) is 7.34. The molecule has 1 N–H and O–H groups in total. The van der Waals surface area contributed by atoms with E-state index in [0.29, 0.717) is 5.92 Å². The molecule has 0 aliphatic heterocycles. The van der Waals surface area contributed by atoms with Gasteiger partial charge in [-0.2, -0.15) is 0 Å². The zero-order chi connectivity index (χ0) is 18.5. The molecular weight excluding hydrogens is 320 g/mol. The van der Waals surface area contributed by atoms with E-state index in [9.17, 15) is 5.11 Å². The maximum atomic E-state index is 10.6. The molecule has 2 aliphatic carbocycles. The van der Waals surface area contributed by atoms with Crippen LogP contribution in [0.2, 0.25) is 0 Å². The molecule has 138 valence electrons. The molecule has 3 atom stereocenters. The standard InChI is InChI=1S/C24H30O2/c1-23(2)21-13-12-19-18(16-8-10-17(26-4)11-9-16)6-5-7-20(19)24(21,3)15-14-22(23)25/h5-11,21-22,25H,12-15H2,1-4H3/t21-,22-,24+/m0/s1. The van der Waals surface area contributed by atoms with Crippen LogP contribution in [0.25, 0.3) is 11.1 Å². The van der Waals surface area contributed by atoms with Gasteiger partial charge in [-0.25, -0.2) is 0 Å². The molecule has 0 radical (unpaired) electrons. The number of hydrogen-bond acceptors (Lipinski definition) is 2. The number of rotatable bonds is 2. The van der Waals surface area contributed by atoms with Gasteiger partial charge >= 0.3 is 0 Å². The highest BCUT2D eigenvalue weighted by Gasteiger charge is 2.53. The molecular formula is C24H30O2. The average Bonchev–Trinajstić information content (AvgIpc) is 2.65. The summed E-state index contributed by atoms with van der Waals surface area (Å²) >= 11 is 0. The number of aliphatic hydroxyl groups is 1. The normalized spacial score (nSPS) is 29.6. The van der Waals surface area contributed by atoms with Gasteiger partial charge in [0, 0.05) is 0 Å². The second kappa shape index (κ2) is 6.13. The molecule has 1 saturated carbocycles. The van der Waals surface area contributed by atoms with Crippen molar-refractivity contribution in [3.05, 3.63) is 53.6 Å². The Morgan fingerprint density at radius 1 is 1.00 bits per heavy atom. The van der Waals surface area contributed by atoms with Crippen LogP contribution in [-0.4, -0.2) is 18.3 Å². The smallest absolute Gasteiger partial charge is 0.118 e. The zero-order valence-electron chi connectivity index (χ0n) is 16.4. The molecule has 4 rings (SSSR count). The summed E-state index contributed by atoms with van der Waals surface area (Å²) in [5.41, 5.74) is 5.75. The Hall–Kier alpha value is -1.80. The van der Waals surface area contributed by atoms with E-state index in [1.54, 1.807) is 7.11 Å². The van der Waals surface area contributed by atoms with Gasteiger partial charge in [0.2, 0.25) is 0 Å². The van der Waals surface area contributed by atoms with Crippen molar-refractivity contribution in [2.45, 2.75) is 58.0 Å². The monoisotopic (exact) mass is 350 g/mol. The lowest BCUT2D eigenvalue weighted by Crippen LogP contribution is -2.53. The highest BCUT2D eigenvalue weighted by atomic mass is 16.5. The van der Waals surface area contributed by atoms with Crippen molar-refractivity contribution in [3.63, 3.8) is 0 Å². The van der Waals surface area contributed by atoms with Gasteiger partial charge in [-0.05, 0) is 76.8 Å². The Morgan fingerprint density at radius 3 is 2.42 bits per heavy atom. The minimum atomic E-state index is -0.188. The van der Waals surface area contributed by atoms with Gasteiger partial charge in [0.25, 0.3) is 0 Å². The summed E-state index contributed by atoms with van der Waals surface area (Å²) in [6.45, 7) is 6.96. The fourth-order valence-electron chi connectivity index (χ4n) is 5.77. The van der Waals surface area contributed by atoms with Crippen molar-refractivity contribution in [1.29, 1.82) is 0 Å². The fraction of sp³-hybridized carbons (Fsp3) is 0.500. The number of benzene rings is 2. The summed E-state index contributed by atoms with van der Waals surface area (Å²) < 4.78 is 5.31. The summed E-state index contributed by atoms with van der Waals surface area (Å²) in [4.78, 5) is 0. The predicted octanol–water partition coefficient (Wildman–Crippen LogP) is 5.36. The van der Waals surface area contributed by atoms with Crippen LogP contribution >= 0.6 is 0 Å². The number of hydrogen-bond donors (Lipinski definition) is 1. The van der Waals surface area contributed by atoms with E-state index in [4.69, 9.17) is 4.74 Å². The van der Waals surface area contributed by atoms with Crippen molar-refractivity contribution in [3.8, 4) is 16.9 Å². The molecule has 0 unspecified atom stereocenters. The van der Waals surface area contributed by atoms with Gasteiger partial charge in [-0.15, -0.1) is 0 Å². The second-order valence-corrected chi connectivity index (χ2v) is 8.94. The Kier molecular flexibility index (Phi) is 4.15. The van der Waals surface area contributed by atoms with Crippen molar-refractivity contribution in [1.82, 2.24) is 0 Å². The Bertz CT molecular complexity index is 805. The van der Waals surface area contributed by atoms with E-state index in [-0.39, 0.29) is 16.9 Å². The number of methoxy groups -OCH3 is 1. The fourth-order valence-corrected chi connectivity index (χ4v) is 5.77. The topological polar surface area (TPSA) is 29.5 Å². The first kappa shape index (κ1) is 17.6. The van der Waals surface area contributed by atoms with Gasteiger partial charge in [0.15, 0.2) is 0 Å². The summed E-state index contributed by atoms with van der Waals surface area (Å²) in [5.74, 6) is 1.42. The third kappa shape index (κ3) is 2.50. The van der Waals surface area contributed by atoms with Crippen LogP contribution in [0.3, 0.4) is 0 Å². The summed E-state index contributed by atoms with van der Waals surface area (Å²) in [6.07, 6.45) is 4.02. The zero-order valence-corrected chi connectivity index (χ0v) is 16.4. The molecule has 1 fully saturated rings. The summed E-state index contributed by atoms with van der Waals surface area (Å²) in [7, 11) is 1.71. The van der Waals surface area contributed by atoms with Crippen LogP contribution in [0.5, 0.6) is 5.75 Å². The molecule has 0 heterocycles. The van der Waals surface area contributed by atoms with Crippen molar-refractivity contribution in [2.24, 2.45) is 11.3 Å². The summed E-state index contributed by atoms with van der Waals surface area (Å²) in [6, 6.07) is 15.2. The van der Waals surface area contributed by atoms with Gasteiger partial charge in [0.05, 0.1) is 13.2 Å². The molecule has 0 bridgehead atoms. The first-order valence-corrected chi connectivity index (χ1v) is 9.83. The predicted molar refractivity (Wildman–Crippen MR) is 107 cm³/mol. The molecule has 2 aromatic rings. The molecule has 2 aliphatic rings. The van der Waals surface area contributed by atoms with E-state index < -0.39 is 0 Å². The lowest BCUT2D eigenvalue weighted by atomic mass is 9.49. The molecule has 0 aromatic heterocycles. The highest BCUT2D eigenvalue weighted by Crippen LogP contribution is 2.57. The lowest BCUT2D eigenvalue weighted by molar-refractivity contribution is -0.0730. The molecule has 2 aromatic carbocycles. The van der Waals surface area contributed by atoms with Crippen LogP contribution in [-0.2, 0) is 11.8 Å². The van der Waals surface area contributed by atoms with Gasteiger partial charge in [0.1, 0.15) is 5.75 Å². The van der Waals surface area contributed by atoms with Crippen LogP contribution in [0, 0.1) is 11.3 Å². The number of ether oxygens (including phenoxy) is 1. The Labute approximate surface area is 157 Å². The van der Waals surface area contributed by atoms with E-state index in [1.165, 1.54) is 22.3 Å². The third-order valence-electron chi connectivity index (χ3n) is 7.34. The van der Waals surface area contributed by atoms with E-state index in [1.807, 2.05) is 12.1 Å². The van der Waals surface area contributed by atoms with Crippen LogP contribution in [0.1, 0.15) is 51.2 Å². The van der Waals surface area contributed by atoms with E-state index in [2.05, 4.69) is 51.1 Å². The van der Waals surface area contributed by atoms with Gasteiger partial charge in [-0.1, -0.05) is 51.1 Å². The minimum absolute atomic E-state index is 0.0270. The maximum Gasteiger partial charge on any atom is 0.118 e. The summed E-state index contributed by atoms with van der Waals surface area (Å²) in [5, 5.41) is 10.6.